The SMILES string of the molecule is CC(C)(C)N(C(=O)O)c1nc2cc(CN3C(=O)c4cc(F)ccc4[C@]34CCN(CC#CC3CC3)C4=O)n(COCC[Si](C)(C)C)c2cc1F.Nc1nc2cc(CN3C(=O)c4cc(F)ccc4[C@]34CCN(CC#CC3CC3)C4=O)[nH]c2cc1F. The highest BCUT2D eigenvalue weighted by atomic mass is 28.3. The maximum Gasteiger partial charge on any atom is 0.413 e. The first-order chi connectivity index (χ1) is 39.4. The normalized spacial score (nSPS) is 20.1. The predicted octanol–water partition coefficient (Wildman–Crippen LogP) is 9.33. The molecule has 4 aromatic heterocycles. The van der Waals surface area contributed by atoms with Crippen LogP contribution in [0.2, 0.25) is 25.7 Å². The Balaban J connectivity index is 0.000000185. The number of nitrogens with one attached hydrogen (secondary N) is 1. The van der Waals surface area contributed by atoms with E-state index in [-0.39, 0.29) is 60.9 Å². The number of carbonyl (C=O) groups excluding carboxylic acids is 4. The van der Waals surface area contributed by atoms with Gasteiger partial charge in [-0.1, -0.05) is 55.5 Å². The summed E-state index contributed by atoms with van der Waals surface area (Å²) in [6.45, 7) is 13.4. The lowest BCUT2D eigenvalue weighted by molar-refractivity contribution is -0.137. The molecule has 4 N–H and O–H groups in total. The van der Waals surface area contributed by atoms with Gasteiger partial charge in [-0.2, -0.15) is 0 Å². The monoisotopic (exact) mass is 1150 g/mol. The summed E-state index contributed by atoms with van der Waals surface area (Å²) in [4.78, 5) is 86.7. The number of aromatic amines is 1. The number of nitrogens with two attached hydrogens (primary N) is 1. The number of benzene rings is 2. The lowest BCUT2D eigenvalue weighted by Crippen LogP contribution is -2.49. The number of hydrogen-bond donors (Lipinski definition) is 3. The maximum atomic E-state index is 15.8. The highest BCUT2D eigenvalue weighted by Crippen LogP contribution is 2.49. The van der Waals surface area contributed by atoms with Gasteiger partial charge >= 0.3 is 6.09 Å². The van der Waals surface area contributed by atoms with Crippen molar-refractivity contribution in [1.82, 2.24) is 39.1 Å². The molecule has 0 unspecified atom stereocenters. The van der Waals surface area contributed by atoms with Crippen molar-refractivity contribution in [2.24, 2.45) is 11.8 Å². The molecule has 83 heavy (non-hydrogen) atoms. The van der Waals surface area contributed by atoms with E-state index in [1.54, 1.807) is 47.3 Å². The zero-order valence-corrected chi connectivity index (χ0v) is 48.1. The number of likely N-dealkylation sites (tertiary alicyclic amines) is 2. The van der Waals surface area contributed by atoms with Crippen molar-refractivity contribution in [3.63, 3.8) is 0 Å². The second-order valence-electron chi connectivity index (χ2n) is 24.5. The van der Waals surface area contributed by atoms with Gasteiger partial charge in [0, 0.05) is 104 Å². The van der Waals surface area contributed by atoms with Gasteiger partial charge in [0.1, 0.15) is 18.4 Å². The molecule has 2 saturated carbocycles. The molecule has 22 heteroatoms. The Morgan fingerprint density at radius 2 is 1.33 bits per heavy atom. The van der Waals surface area contributed by atoms with Crippen molar-refractivity contribution in [3.8, 4) is 23.7 Å². The summed E-state index contributed by atoms with van der Waals surface area (Å²) in [6, 6.07) is 14.7. The quantitative estimate of drug-likeness (QED) is 0.0459. The molecular weight excluding hydrogens is 1090 g/mol. The standard InChI is InChI=1S/C36H43F2N5O5Si.C25H21F2N5O2/c1-35(2,3)43(34(46)47)31-28(38)20-30-29(39-31)19-25(41(30)22-48-16-17-49(4,5)6)21-42-32(44)26-18-24(37)11-12-27(26)36(42)13-15-40(33(36)45)14-7-8-23-9-10-23;26-15-5-6-18-17(10-15)23(33)32(13-16-11-20-21(29-16)12-19(27)22(28)30-20)25(18)7-9-31(24(25)34)8-1-2-14-3-4-14/h11-12,18-20,23H,9-10,13-17,21-22H2,1-6H3,(H,46,47);5-6,10-12,14,29H,3-4,7-9,13H2,(H2,28,30)/t36-;25-/m00/s1. The van der Waals surface area contributed by atoms with Crippen LogP contribution in [-0.4, -0.2) is 120 Å². The van der Waals surface area contributed by atoms with Gasteiger partial charge in [-0.05, 0) is 88.9 Å². The van der Waals surface area contributed by atoms with E-state index in [2.05, 4.69) is 58.3 Å². The first-order valence-corrected chi connectivity index (χ1v) is 31.6. The fourth-order valence-corrected chi connectivity index (χ4v) is 12.5. The molecule has 8 heterocycles. The number of nitrogen functional groups attached to an aromatic ring is 1. The molecule has 6 aliphatic rings. The fourth-order valence-electron chi connectivity index (χ4n) is 11.7. The first kappa shape index (κ1) is 56.6. The number of amides is 5. The number of carboxylic acid groups (broad SMARTS) is 1. The maximum absolute atomic E-state index is 15.8. The number of nitrogens with zero attached hydrogens (tertiary/aromatic N) is 8. The first-order valence-electron chi connectivity index (χ1n) is 27.9. The molecule has 432 valence electrons. The number of pyridine rings is 2. The van der Waals surface area contributed by atoms with Crippen LogP contribution in [0.25, 0.3) is 22.1 Å². The third-order valence-corrected chi connectivity index (χ3v) is 18.0. The van der Waals surface area contributed by atoms with E-state index in [4.69, 9.17) is 10.5 Å². The van der Waals surface area contributed by atoms with E-state index < -0.39 is 65.9 Å². The fraction of sp³-hybridized carbons (Fsp3) is 0.426. The summed E-state index contributed by atoms with van der Waals surface area (Å²) in [5.74, 6) is 8.80. The van der Waals surface area contributed by atoms with Crippen molar-refractivity contribution in [1.29, 1.82) is 0 Å². The molecular formula is C61H64F4N10O7Si. The summed E-state index contributed by atoms with van der Waals surface area (Å²) in [7, 11) is -1.44. The van der Waals surface area contributed by atoms with Crippen molar-refractivity contribution >= 4 is 71.5 Å². The van der Waals surface area contributed by atoms with Crippen LogP contribution in [0.3, 0.4) is 0 Å². The zero-order chi connectivity index (χ0) is 59.1. The van der Waals surface area contributed by atoms with Gasteiger partial charge in [0.15, 0.2) is 34.3 Å². The van der Waals surface area contributed by atoms with Gasteiger partial charge in [0.05, 0.1) is 48.2 Å². The number of aromatic nitrogens is 4. The molecule has 5 amide bonds. The van der Waals surface area contributed by atoms with Crippen LogP contribution >= 0.6 is 0 Å². The molecule has 17 nitrogen and oxygen atoms in total. The lowest BCUT2D eigenvalue weighted by atomic mass is 9.87. The number of ether oxygens (including phenoxy) is 1. The minimum Gasteiger partial charge on any atom is -0.465 e. The minimum absolute atomic E-state index is 0.0130. The number of H-pyrrole nitrogens is 1. The molecule has 2 aromatic carbocycles. The number of hydrogen-bond acceptors (Lipinski definition) is 9. The number of rotatable bonds is 12. The van der Waals surface area contributed by atoms with Gasteiger partial charge in [0.2, 0.25) is 0 Å². The molecule has 0 bridgehead atoms. The molecule has 2 aliphatic carbocycles. The van der Waals surface area contributed by atoms with Crippen LogP contribution in [0.5, 0.6) is 0 Å². The van der Waals surface area contributed by atoms with Gasteiger partial charge in [-0.3, -0.25) is 24.1 Å². The largest absolute Gasteiger partial charge is 0.465 e. The van der Waals surface area contributed by atoms with Crippen LogP contribution in [-0.2, 0) is 45.2 Å². The molecule has 2 spiro atoms. The second-order valence-corrected chi connectivity index (χ2v) is 30.1. The number of carbonyl (C=O) groups is 5. The van der Waals surface area contributed by atoms with Crippen LogP contribution in [0.15, 0.2) is 60.7 Å². The van der Waals surface area contributed by atoms with Crippen LogP contribution in [0.1, 0.15) is 103 Å². The smallest absolute Gasteiger partial charge is 0.413 e. The molecule has 0 radical (unpaired) electrons. The van der Waals surface area contributed by atoms with E-state index >= 15 is 4.39 Å². The van der Waals surface area contributed by atoms with E-state index in [1.165, 1.54) is 58.3 Å². The van der Waals surface area contributed by atoms with E-state index in [9.17, 15) is 42.3 Å². The summed E-state index contributed by atoms with van der Waals surface area (Å²) in [5.41, 5.74) is 5.84. The third kappa shape index (κ3) is 10.6. The molecule has 6 aromatic rings. The highest BCUT2D eigenvalue weighted by molar-refractivity contribution is 6.76. The third-order valence-electron chi connectivity index (χ3n) is 16.3. The second kappa shape index (κ2) is 21.2. The van der Waals surface area contributed by atoms with Crippen LogP contribution in [0, 0.1) is 58.8 Å². The zero-order valence-electron chi connectivity index (χ0n) is 47.1. The van der Waals surface area contributed by atoms with Crippen molar-refractivity contribution in [2.45, 2.75) is 121 Å². The van der Waals surface area contributed by atoms with Crippen molar-refractivity contribution < 1.29 is 51.4 Å². The van der Waals surface area contributed by atoms with Crippen molar-refractivity contribution in [3.05, 3.63) is 118 Å². The Hall–Kier alpha value is -8.21. The highest BCUT2D eigenvalue weighted by Gasteiger charge is 2.61. The molecule has 12 rings (SSSR count). The predicted molar refractivity (Wildman–Crippen MR) is 304 cm³/mol. The average molecular weight is 1150 g/mol. The Morgan fingerprint density at radius 1 is 0.771 bits per heavy atom. The molecule has 2 saturated heterocycles. The molecule has 4 fully saturated rings. The summed E-state index contributed by atoms with van der Waals surface area (Å²) < 4.78 is 66.1. The Labute approximate surface area is 478 Å². The summed E-state index contributed by atoms with van der Waals surface area (Å²) >= 11 is 0. The Bertz CT molecular complexity index is 3780. The molecule has 4 aliphatic heterocycles. The molecule has 2 atom stereocenters. The van der Waals surface area contributed by atoms with E-state index in [0.29, 0.717) is 95.5 Å². The summed E-state index contributed by atoms with van der Waals surface area (Å²) in [5, 5.41) is 9.98. The Kier molecular flexibility index (Phi) is 14.5. The lowest BCUT2D eigenvalue weighted by Gasteiger charge is -2.34. The van der Waals surface area contributed by atoms with E-state index in [1.807, 2.05) is 0 Å². The van der Waals surface area contributed by atoms with Gasteiger partial charge in [-0.15, -0.1) is 0 Å². The Morgan fingerprint density at radius 3 is 1.84 bits per heavy atom. The number of fused-ring (bicyclic) bond motifs is 6. The van der Waals surface area contributed by atoms with Crippen LogP contribution < -0.4 is 10.6 Å². The van der Waals surface area contributed by atoms with Gasteiger partial charge in [-0.25, -0.2) is 32.3 Å². The van der Waals surface area contributed by atoms with Crippen LogP contribution in [0.4, 0.5) is 34.0 Å². The van der Waals surface area contributed by atoms with Crippen molar-refractivity contribution in [2.75, 3.05) is 43.4 Å². The van der Waals surface area contributed by atoms with Gasteiger partial charge in [0.25, 0.3) is 23.6 Å². The average Bonchev–Trinajstić information content (AvgIpc) is 1.93. The van der Waals surface area contributed by atoms with E-state index in [0.717, 1.165) is 36.6 Å². The minimum atomic E-state index is -1.44. The number of anilines is 2. The topological polar surface area (TPSA) is 204 Å². The number of halogens is 4. The summed E-state index contributed by atoms with van der Waals surface area (Å²) in [6.07, 6.45) is 3.64. The van der Waals surface area contributed by atoms with Gasteiger partial charge < -0.3 is 44.7 Å².